The van der Waals surface area contributed by atoms with Crippen LogP contribution in [0.4, 0.5) is 14.5 Å². The molecule has 3 N–H and O–H groups in total. The predicted octanol–water partition coefficient (Wildman–Crippen LogP) is 1.26. The van der Waals surface area contributed by atoms with E-state index in [9.17, 15) is 13.6 Å². The number of hydrogen-bond donors (Lipinski definition) is 2. The first-order valence-corrected chi connectivity index (χ1v) is 6.11. The van der Waals surface area contributed by atoms with E-state index in [0.29, 0.717) is 0 Å². The summed E-state index contributed by atoms with van der Waals surface area (Å²) in [6, 6.07) is 1.89. The molecule has 2 rings (SSSR count). The minimum atomic E-state index is -0.921. The molecule has 0 fully saturated rings. The van der Waals surface area contributed by atoms with Crippen LogP contribution in [-0.4, -0.2) is 27.6 Å². The van der Waals surface area contributed by atoms with Crippen molar-refractivity contribution in [1.82, 2.24) is 14.7 Å². The predicted molar refractivity (Wildman–Crippen MR) is 73.2 cm³/mol. The number of anilines is 1. The van der Waals surface area contributed by atoms with Crippen molar-refractivity contribution in [1.29, 1.82) is 0 Å². The summed E-state index contributed by atoms with van der Waals surface area (Å²) in [6.07, 6.45) is 3.37. The van der Waals surface area contributed by atoms with Gasteiger partial charge in [0, 0.05) is 38.0 Å². The van der Waals surface area contributed by atoms with Crippen molar-refractivity contribution < 1.29 is 13.6 Å². The van der Waals surface area contributed by atoms with Crippen LogP contribution in [0.15, 0.2) is 24.5 Å². The van der Waals surface area contributed by atoms with Crippen LogP contribution in [0.25, 0.3) is 0 Å². The Balaban J connectivity index is 2.19. The minimum absolute atomic E-state index is 0.0876. The average molecular weight is 295 g/mol. The fourth-order valence-corrected chi connectivity index (χ4v) is 1.95. The second-order valence-corrected chi connectivity index (χ2v) is 4.64. The molecule has 1 heterocycles. The van der Waals surface area contributed by atoms with E-state index in [2.05, 4.69) is 5.10 Å². The maximum atomic E-state index is 13.6. The molecule has 0 aliphatic carbocycles. The lowest BCUT2D eigenvalue weighted by Crippen LogP contribution is -2.26. The van der Waals surface area contributed by atoms with Crippen LogP contribution in [0, 0.1) is 11.6 Å². The Labute approximate surface area is 120 Å². The van der Waals surface area contributed by atoms with Crippen LogP contribution in [0.5, 0.6) is 0 Å². The monoisotopic (exact) mass is 295 g/mol. The Kier molecular flexibility index (Phi) is 4.18. The lowest BCUT2D eigenvalue weighted by atomic mass is 10.1. The van der Waals surface area contributed by atoms with Crippen molar-refractivity contribution >= 4 is 11.6 Å². The van der Waals surface area contributed by atoms with Gasteiger partial charge in [0.15, 0.2) is 11.6 Å². The van der Waals surface area contributed by atoms with E-state index in [1.54, 1.807) is 31.2 Å². The largest absolute Gasteiger partial charge is 0.337 e. The maximum Gasteiger partial charge on any atom is 0.254 e. The lowest BCUT2D eigenvalue weighted by Gasteiger charge is -2.17. The number of carbonyl (C=O) groups is 1. The Morgan fingerprint density at radius 2 is 2.05 bits per heavy atom. The summed E-state index contributed by atoms with van der Waals surface area (Å²) < 4.78 is 28.8. The Morgan fingerprint density at radius 1 is 1.43 bits per heavy atom. The van der Waals surface area contributed by atoms with Crippen molar-refractivity contribution in [3.8, 4) is 0 Å². The zero-order chi connectivity index (χ0) is 15.6. The minimum Gasteiger partial charge on any atom is -0.337 e. The van der Waals surface area contributed by atoms with E-state index in [1.807, 2.05) is 5.43 Å². The van der Waals surface area contributed by atoms with Crippen LogP contribution in [0.3, 0.4) is 0 Å². The van der Waals surface area contributed by atoms with Crippen LogP contribution in [-0.2, 0) is 13.6 Å². The molecule has 1 aromatic carbocycles. The van der Waals surface area contributed by atoms with Gasteiger partial charge in [-0.05, 0) is 12.1 Å². The number of carbonyl (C=O) groups excluding carboxylic acids is 1. The number of nitrogen functional groups attached to an aromatic ring is 1. The van der Waals surface area contributed by atoms with Gasteiger partial charge >= 0.3 is 0 Å². The molecule has 0 radical (unpaired) electrons. The first-order chi connectivity index (χ1) is 9.92. The van der Waals surface area contributed by atoms with Crippen LogP contribution >= 0.6 is 0 Å². The molecule has 2 aromatic rings. The van der Waals surface area contributed by atoms with Gasteiger partial charge < -0.3 is 10.3 Å². The van der Waals surface area contributed by atoms with E-state index < -0.39 is 23.2 Å². The Bertz CT molecular complexity index is 647. The molecule has 0 bridgehead atoms. The molecule has 0 aliphatic heterocycles. The zero-order valence-corrected chi connectivity index (χ0v) is 11.6. The van der Waals surface area contributed by atoms with Crippen molar-refractivity contribution in [2.24, 2.45) is 12.9 Å². The van der Waals surface area contributed by atoms with Gasteiger partial charge in [-0.3, -0.25) is 15.3 Å². The molecule has 0 saturated heterocycles. The molecule has 0 spiro atoms. The van der Waals surface area contributed by atoms with Gasteiger partial charge in [-0.1, -0.05) is 0 Å². The highest BCUT2D eigenvalue weighted by Gasteiger charge is 2.18. The Morgan fingerprint density at radius 3 is 2.52 bits per heavy atom. The van der Waals surface area contributed by atoms with Gasteiger partial charge in [0.1, 0.15) is 5.69 Å². The number of halogens is 2. The van der Waals surface area contributed by atoms with Crippen LogP contribution in [0.2, 0.25) is 0 Å². The first-order valence-electron chi connectivity index (χ1n) is 6.11. The zero-order valence-electron chi connectivity index (χ0n) is 11.6. The second kappa shape index (κ2) is 5.88. The fourth-order valence-electron chi connectivity index (χ4n) is 1.95. The standard InChI is InChI=1S/C13H15F2N5O/c1-19(6-8-5-17-20(2)7-8)13(21)9-3-10(14)12(18-16)11(15)4-9/h3-5,7,18H,6,16H2,1-2H3. The average Bonchev–Trinajstić information content (AvgIpc) is 2.82. The molecule has 21 heavy (non-hydrogen) atoms. The molecule has 1 amide bonds. The molecule has 0 aliphatic rings. The van der Waals surface area contributed by atoms with Crippen LogP contribution in [0.1, 0.15) is 15.9 Å². The highest BCUT2D eigenvalue weighted by molar-refractivity contribution is 5.94. The van der Waals surface area contributed by atoms with Crippen molar-refractivity contribution in [3.05, 3.63) is 47.3 Å². The number of hydrazine groups is 1. The quantitative estimate of drug-likeness (QED) is 0.657. The summed E-state index contributed by atoms with van der Waals surface area (Å²) in [4.78, 5) is 13.5. The second-order valence-electron chi connectivity index (χ2n) is 4.64. The summed E-state index contributed by atoms with van der Waals surface area (Å²) in [5.74, 6) is 2.67. The number of nitrogens with zero attached hydrogens (tertiary/aromatic N) is 3. The number of amides is 1. The topological polar surface area (TPSA) is 76.2 Å². The van der Waals surface area contributed by atoms with Gasteiger partial charge in [-0.15, -0.1) is 0 Å². The number of benzene rings is 1. The molecule has 8 heteroatoms. The van der Waals surface area contributed by atoms with Gasteiger partial charge in [0.05, 0.1) is 6.20 Å². The van der Waals surface area contributed by atoms with Crippen molar-refractivity contribution in [3.63, 3.8) is 0 Å². The van der Waals surface area contributed by atoms with E-state index in [0.717, 1.165) is 17.7 Å². The third-order valence-electron chi connectivity index (χ3n) is 2.96. The first kappa shape index (κ1) is 14.9. The van der Waals surface area contributed by atoms with E-state index in [1.165, 1.54) is 4.90 Å². The normalized spacial score (nSPS) is 10.5. The summed E-state index contributed by atoms with van der Waals surface area (Å²) >= 11 is 0. The molecular formula is C13H15F2N5O. The molecule has 0 unspecified atom stereocenters. The third kappa shape index (κ3) is 3.16. The molecule has 0 saturated carbocycles. The van der Waals surface area contributed by atoms with Crippen molar-refractivity contribution in [2.75, 3.05) is 12.5 Å². The van der Waals surface area contributed by atoms with E-state index >= 15 is 0 Å². The van der Waals surface area contributed by atoms with Gasteiger partial charge in [0.25, 0.3) is 5.91 Å². The number of nitrogens with one attached hydrogen (secondary N) is 1. The molecule has 112 valence electrons. The van der Waals surface area contributed by atoms with Gasteiger partial charge in [-0.2, -0.15) is 5.10 Å². The van der Waals surface area contributed by atoms with Crippen molar-refractivity contribution in [2.45, 2.75) is 6.54 Å². The highest BCUT2D eigenvalue weighted by atomic mass is 19.1. The van der Waals surface area contributed by atoms with Gasteiger partial charge in [-0.25, -0.2) is 8.78 Å². The summed E-state index contributed by atoms with van der Waals surface area (Å²) in [5, 5.41) is 3.99. The summed E-state index contributed by atoms with van der Waals surface area (Å²) in [5.41, 5.74) is 2.17. The molecule has 6 nitrogen and oxygen atoms in total. The van der Waals surface area contributed by atoms with Crippen LogP contribution < -0.4 is 11.3 Å². The fraction of sp³-hybridized carbons (Fsp3) is 0.231. The molecule has 0 atom stereocenters. The SMILES string of the molecule is CN(Cc1cnn(C)c1)C(=O)c1cc(F)c(NN)c(F)c1. The van der Waals surface area contributed by atoms with E-state index in [-0.39, 0.29) is 12.1 Å². The molecular weight excluding hydrogens is 280 g/mol. The third-order valence-corrected chi connectivity index (χ3v) is 2.96. The number of aromatic nitrogens is 2. The maximum absolute atomic E-state index is 13.6. The number of aryl methyl sites for hydroxylation is 1. The number of nitrogens with two attached hydrogens (primary N) is 1. The highest BCUT2D eigenvalue weighted by Crippen LogP contribution is 2.20. The number of rotatable bonds is 4. The summed E-state index contributed by atoms with van der Waals surface area (Å²) in [7, 11) is 3.30. The Hall–Kier alpha value is -2.48. The lowest BCUT2D eigenvalue weighted by molar-refractivity contribution is 0.0784. The smallest absolute Gasteiger partial charge is 0.254 e. The summed E-state index contributed by atoms with van der Waals surface area (Å²) in [6.45, 7) is 0.285. The van der Waals surface area contributed by atoms with E-state index in [4.69, 9.17) is 5.84 Å². The number of hydrogen-bond acceptors (Lipinski definition) is 4. The van der Waals surface area contributed by atoms with Gasteiger partial charge in [0.2, 0.25) is 0 Å². The molecule has 1 aromatic heterocycles.